The van der Waals surface area contributed by atoms with Crippen molar-refractivity contribution in [2.45, 2.75) is 52.5 Å². The Labute approximate surface area is 197 Å². The molecule has 2 aromatic rings. The van der Waals surface area contributed by atoms with E-state index in [1.165, 1.54) is 0 Å². The molecule has 6 heteroatoms. The van der Waals surface area contributed by atoms with E-state index in [0.717, 1.165) is 43.2 Å². The highest BCUT2D eigenvalue weighted by Gasteiger charge is 2.23. The lowest BCUT2D eigenvalue weighted by molar-refractivity contribution is -0.118. The second kappa shape index (κ2) is 10.8. The van der Waals surface area contributed by atoms with Gasteiger partial charge < -0.3 is 20.3 Å². The Hall–Kier alpha value is -2.86. The van der Waals surface area contributed by atoms with E-state index in [1.54, 1.807) is 0 Å². The smallest absolute Gasteiger partial charge is 0.251 e. The van der Waals surface area contributed by atoms with Gasteiger partial charge in [-0.2, -0.15) is 0 Å². The predicted molar refractivity (Wildman–Crippen MR) is 134 cm³/mol. The van der Waals surface area contributed by atoms with Crippen LogP contribution in [0.2, 0.25) is 0 Å². The molecule has 33 heavy (non-hydrogen) atoms. The van der Waals surface area contributed by atoms with Crippen molar-refractivity contribution in [3.05, 3.63) is 59.7 Å². The van der Waals surface area contributed by atoms with Gasteiger partial charge in [0, 0.05) is 30.0 Å². The van der Waals surface area contributed by atoms with Gasteiger partial charge in [-0.15, -0.1) is 0 Å². The van der Waals surface area contributed by atoms with Crippen LogP contribution in [-0.4, -0.2) is 44.2 Å². The molecule has 1 aliphatic heterocycles. The van der Waals surface area contributed by atoms with Crippen LogP contribution in [0.4, 0.5) is 11.4 Å². The van der Waals surface area contributed by atoms with E-state index >= 15 is 0 Å². The lowest BCUT2D eigenvalue weighted by Gasteiger charge is -2.29. The molecule has 1 heterocycles. The normalized spacial score (nSPS) is 15.3. The van der Waals surface area contributed by atoms with E-state index in [9.17, 15) is 9.59 Å². The Kier molecular flexibility index (Phi) is 8.14. The molecule has 0 bridgehead atoms. The molecule has 6 nitrogen and oxygen atoms in total. The Bertz CT molecular complexity index is 925. The average molecular weight is 452 g/mol. The van der Waals surface area contributed by atoms with E-state index in [2.05, 4.69) is 36.3 Å². The summed E-state index contributed by atoms with van der Waals surface area (Å²) in [6, 6.07) is 14.8. The first-order valence-electron chi connectivity index (χ1n) is 11.8. The summed E-state index contributed by atoms with van der Waals surface area (Å²) in [4.78, 5) is 28.2. The molecular weight excluding hydrogens is 414 g/mol. The monoisotopic (exact) mass is 451 g/mol. The van der Waals surface area contributed by atoms with E-state index < -0.39 is 6.04 Å². The number of anilines is 2. The summed E-state index contributed by atoms with van der Waals surface area (Å²) in [6.45, 7) is 13.7. The van der Waals surface area contributed by atoms with Crippen LogP contribution in [0.3, 0.4) is 0 Å². The SMILES string of the molecule is CC(C)CC(NC(=O)c1ccc(C(C)(C)C)cc1)C(=O)Nc1ccc(N2CCOCC2)cc1. The predicted octanol–water partition coefficient (Wildman–Crippen LogP) is 4.60. The summed E-state index contributed by atoms with van der Waals surface area (Å²) in [5, 5.41) is 5.90. The zero-order valence-electron chi connectivity index (χ0n) is 20.5. The molecule has 1 fully saturated rings. The molecule has 0 spiro atoms. The Morgan fingerprint density at radius 1 is 0.970 bits per heavy atom. The molecule has 0 aromatic heterocycles. The average Bonchev–Trinajstić information content (AvgIpc) is 2.79. The molecule has 1 atom stereocenters. The fourth-order valence-electron chi connectivity index (χ4n) is 3.87. The molecule has 1 saturated heterocycles. The molecule has 0 saturated carbocycles. The molecular formula is C27H37N3O3. The van der Waals surface area contributed by atoms with Gasteiger partial charge in [-0.1, -0.05) is 46.8 Å². The first-order chi connectivity index (χ1) is 15.6. The summed E-state index contributed by atoms with van der Waals surface area (Å²) < 4.78 is 5.41. The highest BCUT2D eigenvalue weighted by atomic mass is 16.5. The van der Waals surface area contributed by atoms with Crippen molar-refractivity contribution in [1.82, 2.24) is 5.32 Å². The van der Waals surface area contributed by atoms with E-state index in [1.807, 2.05) is 62.4 Å². The lowest BCUT2D eigenvalue weighted by Crippen LogP contribution is -2.44. The van der Waals surface area contributed by atoms with Gasteiger partial charge in [0.05, 0.1) is 13.2 Å². The van der Waals surface area contributed by atoms with Gasteiger partial charge in [0.15, 0.2) is 0 Å². The van der Waals surface area contributed by atoms with Crippen LogP contribution in [0.5, 0.6) is 0 Å². The maximum absolute atomic E-state index is 13.0. The number of ether oxygens (including phenoxy) is 1. The Balaban J connectivity index is 1.65. The van der Waals surface area contributed by atoms with Crippen molar-refractivity contribution in [2.75, 3.05) is 36.5 Å². The number of carbonyl (C=O) groups excluding carboxylic acids is 2. The van der Waals surface area contributed by atoms with Crippen LogP contribution in [0.25, 0.3) is 0 Å². The minimum Gasteiger partial charge on any atom is -0.378 e. The van der Waals surface area contributed by atoms with E-state index in [4.69, 9.17) is 4.74 Å². The standard InChI is InChI=1S/C27H37N3O3/c1-19(2)18-24(29-25(31)20-6-8-21(9-7-20)27(3,4)5)26(32)28-22-10-12-23(13-11-22)30-14-16-33-17-15-30/h6-13,19,24H,14-18H2,1-5H3,(H,28,32)(H,29,31). The fraction of sp³-hybridized carbons (Fsp3) is 0.481. The Morgan fingerprint density at radius 2 is 1.58 bits per heavy atom. The zero-order valence-corrected chi connectivity index (χ0v) is 20.5. The number of rotatable bonds is 7. The third-order valence-electron chi connectivity index (χ3n) is 5.85. The number of benzene rings is 2. The van der Waals surface area contributed by atoms with Crippen LogP contribution in [0.1, 0.15) is 57.0 Å². The number of carbonyl (C=O) groups is 2. The van der Waals surface area contributed by atoms with Crippen LogP contribution in [0.15, 0.2) is 48.5 Å². The van der Waals surface area contributed by atoms with Gasteiger partial charge in [-0.05, 0) is 59.7 Å². The number of nitrogens with one attached hydrogen (secondary N) is 2. The largest absolute Gasteiger partial charge is 0.378 e. The van der Waals surface area contributed by atoms with Crippen LogP contribution in [-0.2, 0) is 14.9 Å². The topological polar surface area (TPSA) is 70.7 Å². The van der Waals surface area contributed by atoms with Crippen LogP contribution < -0.4 is 15.5 Å². The van der Waals surface area contributed by atoms with Gasteiger partial charge in [0.2, 0.25) is 5.91 Å². The van der Waals surface area contributed by atoms with Crippen LogP contribution >= 0.6 is 0 Å². The molecule has 0 aliphatic carbocycles. The summed E-state index contributed by atoms with van der Waals surface area (Å²) in [7, 11) is 0. The summed E-state index contributed by atoms with van der Waals surface area (Å²) in [5.41, 5.74) is 3.57. The number of morpholine rings is 1. The van der Waals surface area contributed by atoms with Gasteiger partial charge in [-0.3, -0.25) is 9.59 Å². The number of hydrogen-bond acceptors (Lipinski definition) is 4. The molecule has 2 aromatic carbocycles. The summed E-state index contributed by atoms with van der Waals surface area (Å²) in [5.74, 6) is -0.186. The molecule has 178 valence electrons. The number of nitrogens with zero attached hydrogens (tertiary/aromatic N) is 1. The summed E-state index contributed by atoms with van der Waals surface area (Å²) in [6.07, 6.45) is 0.559. The van der Waals surface area contributed by atoms with E-state index in [-0.39, 0.29) is 23.1 Å². The zero-order chi connectivity index (χ0) is 24.0. The third kappa shape index (κ3) is 7.06. The lowest BCUT2D eigenvalue weighted by atomic mass is 9.86. The molecule has 1 unspecified atom stereocenters. The van der Waals surface area contributed by atoms with Crippen molar-refractivity contribution in [3.63, 3.8) is 0 Å². The van der Waals surface area contributed by atoms with Gasteiger partial charge in [0.25, 0.3) is 5.91 Å². The van der Waals surface area contributed by atoms with Crippen LogP contribution in [0, 0.1) is 5.92 Å². The Morgan fingerprint density at radius 3 is 2.12 bits per heavy atom. The first kappa shape index (κ1) is 24.8. The maximum Gasteiger partial charge on any atom is 0.251 e. The third-order valence-corrected chi connectivity index (χ3v) is 5.85. The molecule has 3 rings (SSSR count). The van der Waals surface area contributed by atoms with Crippen molar-refractivity contribution in [3.8, 4) is 0 Å². The minimum absolute atomic E-state index is 0.0202. The van der Waals surface area contributed by atoms with Gasteiger partial charge >= 0.3 is 0 Å². The quantitative estimate of drug-likeness (QED) is 0.645. The number of hydrogen-bond donors (Lipinski definition) is 2. The molecule has 1 aliphatic rings. The van der Waals surface area contributed by atoms with Gasteiger partial charge in [-0.25, -0.2) is 0 Å². The fourth-order valence-corrected chi connectivity index (χ4v) is 3.87. The van der Waals surface area contributed by atoms with Crippen molar-refractivity contribution >= 4 is 23.2 Å². The summed E-state index contributed by atoms with van der Waals surface area (Å²) >= 11 is 0. The van der Waals surface area contributed by atoms with E-state index in [0.29, 0.717) is 12.0 Å². The van der Waals surface area contributed by atoms with Crippen molar-refractivity contribution < 1.29 is 14.3 Å². The molecule has 0 radical (unpaired) electrons. The van der Waals surface area contributed by atoms with Crippen molar-refractivity contribution in [1.29, 1.82) is 0 Å². The number of amides is 2. The molecule has 2 amide bonds. The molecule has 2 N–H and O–H groups in total. The maximum atomic E-state index is 13.0. The van der Waals surface area contributed by atoms with Crippen molar-refractivity contribution in [2.24, 2.45) is 5.92 Å². The highest BCUT2D eigenvalue weighted by Crippen LogP contribution is 2.23. The second-order valence-electron chi connectivity index (χ2n) is 10.1. The van der Waals surface area contributed by atoms with Gasteiger partial charge in [0.1, 0.15) is 6.04 Å². The first-order valence-corrected chi connectivity index (χ1v) is 11.8. The minimum atomic E-state index is -0.612. The highest BCUT2D eigenvalue weighted by molar-refractivity contribution is 6.01. The second-order valence-corrected chi connectivity index (χ2v) is 10.1.